The summed E-state index contributed by atoms with van der Waals surface area (Å²) in [7, 11) is 0. The lowest BCUT2D eigenvalue weighted by molar-refractivity contribution is -0.122. The predicted octanol–water partition coefficient (Wildman–Crippen LogP) is 2.65. The van der Waals surface area contributed by atoms with Crippen molar-refractivity contribution in [2.24, 2.45) is 10.7 Å². The standard InChI is InChI=1S/C18H15F3N4O/c1-10-14-3-2-4-15(21)18(14)23-16(9-22)25(10)24-17(26)7-11-5-12(19)8-13(20)6-11/h2-6,8H,1,7,9,22H2,(H,24,26). The number of nitrogens with two attached hydrogens (primary N) is 1. The number of hydrogen-bond acceptors (Lipinski definition) is 4. The van der Waals surface area contributed by atoms with Crippen molar-refractivity contribution in [1.82, 2.24) is 10.4 Å². The molecule has 0 aromatic heterocycles. The van der Waals surface area contributed by atoms with E-state index >= 15 is 0 Å². The van der Waals surface area contributed by atoms with Gasteiger partial charge in [-0.15, -0.1) is 0 Å². The van der Waals surface area contributed by atoms with Crippen LogP contribution in [0.15, 0.2) is 48.0 Å². The molecule has 8 heteroatoms. The van der Waals surface area contributed by atoms with Crippen LogP contribution in [0.2, 0.25) is 0 Å². The Kier molecular flexibility index (Phi) is 4.77. The predicted molar refractivity (Wildman–Crippen MR) is 91.6 cm³/mol. The molecule has 0 spiro atoms. The van der Waals surface area contributed by atoms with E-state index in [2.05, 4.69) is 17.0 Å². The second kappa shape index (κ2) is 7.01. The third-order valence-corrected chi connectivity index (χ3v) is 3.77. The Bertz CT molecular complexity index is 906. The normalized spacial score (nSPS) is 13.3. The van der Waals surface area contributed by atoms with Crippen molar-refractivity contribution in [3.63, 3.8) is 0 Å². The third kappa shape index (κ3) is 3.45. The largest absolute Gasteiger partial charge is 0.324 e. The highest BCUT2D eigenvalue weighted by Gasteiger charge is 2.26. The number of halogens is 3. The van der Waals surface area contributed by atoms with Gasteiger partial charge >= 0.3 is 0 Å². The molecule has 0 saturated carbocycles. The molecular formula is C18H15F3N4O. The fraction of sp³-hybridized carbons (Fsp3) is 0.111. The first-order valence-corrected chi connectivity index (χ1v) is 7.69. The monoisotopic (exact) mass is 360 g/mol. The van der Waals surface area contributed by atoms with Gasteiger partial charge in [-0.3, -0.25) is 10.2 Å². The van der Waals surface area contributed by atoms with Crippen molar-refractivity contribution >= 4 is 23.1 Å². The van der Waals surface area contributed by atoms with Crippen LogP contribution in [0.3, 0.4) is 0 Å². The number of amidine groups is 1. The number of para-hydroxylation sites is 1. The zero-order valence-electron chi connectivity index (χ0n) is 13.6. The highest BCUT2D eigenvalue weighted by molar-refractivity contribution is 6.00. The van der Waals surface area contributed by atoms with E-state index in [9.17, 15) is 18.0 Å². The van der Waals surface area contributed by atoms with Gasteiger partial charge in [0.2, 0.25) is 5.91 Å². The molecule has 134 valence electrons. The maximum absolute atomic E-state index is 13.9. The second-order valence-corrected chi connectivity index (χ2v) is 5.64. The molecule has 1 aliphatic heterocycles. The van der Waals surface area contributed by atoms with Crippen LogP contribution in [0, 0.1) is 17.5 Å². The molecule has 3 rings (SSSR count). The highest BCUT2D eigenvalue weighted by Crippen LogP contribution is 2.34. The van der Waals surface area contributed by atoms with Crippen LogP contribution in [-0.4, -0.2) is 23.3 Å². The summed E-state index contributed by atoms with van der Waals surface area (Å²) in [4.78, 5) is 16.4. The molecule has 1 heterocycles. The summed E-state index contributed by atoms with van der Waals surface area (Å²) in [6.07, 6.45) is -0.272. The highest BCUT2D eigenvalue weighted by atomic mass is 19.1. The lowest BCUT2D eigenvalue weighted by Crippen LogP contribution is -2.48. The van der Waals surface area contributed by atoms with Crippen LogP contribution in [0.25, 0.3) is 5.70 Å². The number of nitrogens with one attached hydrogen (secondary N) is 1. The van der Waals surface area contributed by atoms with Crippen molar-refractivity contribution in [1.29, 1.82) is 0 Å². The molecule has 2 aromatic rings. The first kappa shape index (κ1) is 17.7. The van der Waals surface area contributed by atoms with Crippen molar-refractivity contribution in [2.45, 2.75) is 6.42 Å². The zero-order valence-corrected chi connectivity index (χ0v) is 13.6. The summed E-state index contributed by atoms with van der Waals surface area (Å²) in [5.74, 6) is -2.45. The summed E-state index contributed by atoms with van der Waals surface area (Å²) in [6.45, 7) is 3.77. The number of hydrazine groups is 1. The van der Waals surface area contributed by atoms with Gasteiger partial charge in [-0.05, 0) is 23.8 Å². The van der Waals surface area contributed by atoms with Crippen molar-refractivity contribution in [3.05, 3.63) is 71.6 Å². The molecule has 0 saturated heterocycles. The molecule has 2 aromatic carbocycles. The van der Waals surface area contributed by atoms with Crippen LogP contribution in [0.1, 0.15) is 11.1 Å². The molecule has 0 radical (unpaired) electrons. The number of fused-ring (bicyclic) bond motifs is 1. The van der Waals surface area contributed by atoms with Crippen molar-refractivity contribution < 1.29 is 18.0 Å². The number of aliphatic imine (C=N–C) groups is 1. The summed E-state index contributed by atoms with van der Waals surface area (Å²) in [5, 5.41) is 1.25. The Morgan fingerprint density at radius 2 is 1.88 bits per heavy atom. The van der Waals surface area contributed by atoms with Gasteiger partial charge in [-0.1, -0.05) is 18.7 Å². The number of amides is 1. The fourth-order valence-corrected chi connectivity index (χ4v) is 2.65. The maximum atomic E-state index is 13.9. The van der Waals surface area contributed by atoms with Crippen LogP contribution < -0.4 is 11.2 Å². The van der Waals surface area contributed by atoms with Crippen LogP contribution in [0.4, 0.5) is 18.9 Å². The fourth-order valence-electron chi connectivity index (χ4n) is 2.65. The van der Waals surface area contributed by atoms with Gasteiger partial charge in [0.15, 0.2) is 0 Å². The van der Waals surface area contributed by atoms with E-state index in [4.69, 9.17) is 5.73 Å². The summed E-state index contributed by atoms with van der Waals surface area (Å²) in [5.41, 5.74) is 9.13. The molecule has 1 aliphatic rings. The number of nitrogens with zero attached hydrogens (tertiary/aromatic N) is 2. The summed E-state index contributed by atoms with van der Waals surface area (Å²) >= 11 is 0. The molecule has 0 unspecified atom stereocenters. The van der Waals surface area contributed by atoms with Gasteiger partial charge in [-0.2, -0.15) is 0 Å². The Hall–Kier alpha value is -3.13. The summed E-state index contributed by atoms with van der Waals surface area (Å²) < 4.78 is 40.4. The Morgan fingerprint density at radius 1 is 1.19 bits per heavy atom. The van der Waals surface area contributed by atoms with E-state index in [-0.39, 0.29) is 35.7 Å². The molecular weight excluding hydrogens is 345 g/mol. The second-order valence-electron chi connectivity index (χ2n) is 5.64. The lowest BCUT2D eigenvalue weighted by Gasteiger charge is -2.31. The molecule has 1 amide bonds. The van der Waals surface area contributed by atoms with Crippen LogP contribution in [-0.2, 0) is 11.2 Å². The van der Waals surface area contributed by atoms with Gasteiger partial charge in [0.25, 0.3) is 0 Å². The van der Waals surface area contributed by atoms with E-state index in [1.807, 2.05) is 0 Å². The number of carbonyl (C=O) groups is 1. The number of benzene rings is 2. The van der Waals surface area contributed by atoms with Gasteiger partial charge in [0.05, 0.1) is 18.7 Å². The molecule has 0 fully saturated rings. The Morgan fingerprint density at radius 3 is 2.54 bits per heavy atom. The maximum Gasteiger partial charge on any atom is 0.243 e. The first-order valence-electron chi connectivity index (χ1n) is 7.69. The van der Waals surface area contributed by atoms with E-state index in [1.165, 1.54) is 17.1 Å². The summed E-state index contributed by atoms with van der Waals surface area (Å²) in [6, 6.07) is 7.22. The van der Waals surface area contributed by atoms with Gasteiger partial charge in [0, 0.05) is 11.6 Å². The smallest absolute Gasteiger partial charge is 0.243 e. The molecule has 0 aliphatic carbocycles. The van der Waals surface area contributed by atoms with E-state index in [0.29, 0.717) is 5.56 Å². The minimum absolute atomic E-state index is 0.0817. The number of carbonyl (C=O) groups excluding carboxylic acids is 1. The first-order chi connectivity index (χ1) is 12.4. The zero-order chi connectivity index (χ0) is 18.8. The number of rotatable bonds is 4. The molecule has 3 N–H and O–H groups in total. The third-order valence-electron chi connectivity index (χ3n) is 3.77. The molecule has 0 bridgehead atoms. The minimum Gasteiger partial charge on any atom is -0.324 e. The average molecular weight is 360 g/mol. The quantitative estimate of drug-likeness (QED) is 0.881. The van der Waals surface area contributed by atoms with Gasteiger partial charge in [-0.25, -0.2) is 23.2 Å². The number of hydrogen-bond donors (Lipinski definition) is 2. The van der Waals surface area contributed by atoms with E-state index in [1.54, 1.807) is 6.07 Å². The van der Waals surface area contributed by atoms with E-state index in [0.717, 1.165) is 18.2 Å². The molecule has 5 nitrogen and oxygen atoms in total. The Labute approximate surface area is 147 Å². The lowest BCUT2D eigenvalue weighted by atomic mass is 10.1. The van der Waals surface area contributed by atoms with Crippen molar-refractivity contribution in [2.75, 3.05) is 6.54 Å². The molecule has 26 heavy (non-hydrogen) atoms. The van der Waals surface area contributed by atoms with Gasteiger partial charge < -0.3 is 5.73 Å². The van der Waals surface area contributed by atoms with Crippen LogP contribution in [0.5, 0.6) is 0 Å². The SMILES string of the molecule is C=C1c2cccc(F)c2N=C(CN)N1NC(=O)Cc1cc(F)cc(F)c1. The molecule has 0 atom stereocenters. The van der Waals surface area contributed by atoms with Gasteiger partial charge in [0.1, 0.15) is 29.0 Å². The van der Waals surface area contributed by atoms with Crippen molar-refractivity contribution in [3.8, 4) is 0 Å². The van der Waals surface area contributed by atoms with Crippen LogP contribution >= 0.6 is 0 Å². The average Bonchev–Trinajstić information content (AvgIpc) is 2.57. The minimum atomic E-state index is -0.774. The topological polar surface area (TPSA) is 70.7 Å². The van der Waals surface area contributed by atoms with E-state index < -0.39 is 23.4 Å². The Balaban J connectivity index is 1.83.